The van der Waals surface area contributed by atoms with E-state index in [1.54, 1.807) is 0 Å². The molecule has 3 atom stereocenters. The van der Waals surface area contributed by atoms with Crippen molar-refractivity contribution in [1.82, 2.24) is 10.2 Å². The van der Waals surface area contributed by atoms with Crippen LogP contribution in [0, 0.1) is 5.92 Å². The van der Waals surface area contributed by atoms with Crippen molar-refractivity contribution in [3.63, 3.8) is 0 Å². The van der Waals surface area contributed by atoms with E-state index < -0.39 is 5.54 Å². The quantitative estimate of drug-likeness (QED) is 0.765. The number of methoxy groups -OCH3 is 1. The Morgan fingerprint density at radius 1 is 1.33 bits per heavy atom. The van der Waals surface area contributed by atoms with Gasteiger partial charge in [-0.1, -0.05) is 12.8 Å². The van der Waals surface area contributed by atoms with Crippen molar-refractivity contribution in [2.24, 2.45) is 5.92 Å². The van der Waals surface area contributed by atoms with E-state index in [0.717, 1.165) is 18.4 Å². The standard InChI is InChI=1S/C17H32N2O2/c1-13(12-17(2,18-3)16(20)21-4)19-11-7-10-15(19)14-8-5-6-9-14/h13-15,18H,5-12H2,1-4H3. The lowest BCUT2D eigenvalue weighted by molar-refractivity contribution is -0.148. The van der Waals surface area contributed by atoms with Crippen molar-refractivity contribution in [1.29, 1.82) is 0 Å². The zero-order valence-electron chi connectivity index (χ0n) is 14.2. The van der Waals surface area contributed by atoms with E-state index in [-0.39, 0.29) is 5.97 Å². The molecule has 0 amide bonds. The molecule has 0 aromatic carbocycles. The summed E-state index contributed by atoms with van der Waals surface area (Å²) >= 11 is 0. The number of ether oxygens (including phenoxy) is 1. The molecule has 1 N–H and O–H groups in total. The molecular weight excluding hydrogens is 264 g/mol. The van der Waals surface area contributed by atoms with Gasteiger partial charge < -0.3 is 10.1 Å². The molecular formula is C17H32N2O2. The van der Waals surface area contributed by atoms with E-state index in [2.05, 4.69) is 17.1 Å². The van der Waals surface area contributed by atoms with E-state index in [0.29, 0.717) is 6.04 Å². The molecule has 0 aromatic heterocycles. The maximum absolute atomic E-state index is 12.0. The van der Waals surface area contributed by atoms with Crippen LogP contribution in [0.25, 0.3) is 0 Å². The van der Waals surface area contributed by atoms with Gasteiger partial charge in [-0.25, -0.2) is 0 Å². The van der Waals surface area contributed by atoms with Crippen molar-refractivity contribution < 1.29 is 9.53 Å². The molecule has 2 rings (SSSR count). The van der Waals surface area contributed by atoms with E-state index in [1.165, 1.54) is 52.2 Å². The summed E-state index contributed by atoms with van der Waals surface area (Å²) in [6.07, 6.45) is 9.05. The number of esters is 1. The van der Waals surface area contributed by atoms with Gasteiger partial charge in [-0.05, 0) is 65.5 Å². The fraction of sp³-hybridized carbons (Fsp3) is 0.941. The number of likely N-dealkylation sites (N-methyl/N-ethyl adjacent to an activating group) is 1. The minimum Gasteiger partial charge on any atom is -0.468 e. The summed E-state index contributed by atoms with van der Waals surface area (Å²) in [6, 6.07) is 1.15. The number of carbonyl (C=O) groups is 1. The molecule has 2 aliphatic rings. The fourth-order valence-electron chi connectivity index (χ4n) is 4.43. The Morgan fingerprint density at radius 2 is 2.00 bits per heavy atom. The van der Waals surface area contributed by atoms with Crippen LogP contribution in [0.15, 0.2) is 0 Å². The highest BCUT2D eigenvalue weighted by molar-refractivity contribution is 5.80. The highest BCUT2D eigenvalue weighted by Gasteiger charge is 2.40. The number of hydrogen-bond donors (Lipinski definition) is 1. The van der Waals surface area contributed by atoms with Crippen molar-refractivity contribution >= 4 is 5.97 Å². The lowest BCUT2D eigenvalue weighted by atomic mass is 9.90. The molecule has 3 unspecified atom stereocenters. The number of rotatable bonds is 6. The molecule has 0 spiro atoms. The van der Waals surface area contributed by atoms with Crippen molar-refractivity contribution in [3.05, 3.63) is 0 Å². The first-order chi connectivity index (χ1) is 10.0. The van der Waals surface area contributed by atoms with Crippen molar-refractivity contribution in [3.8, 4) is 0 Å². The number of likely N-dealkylation sites (tertiary alicyclic amines) is 1. The molecule has 2 fully saturated rings. The summed E-state index contributed by atoms with van der Waals surface area (Å²) in [5.41, 5.74) is -0.586. The molecule has 4 nitrogen and oxygen atoms in total. The third kappa shape index (κ3) is 3.59. The summed E-state index contributed by atoms with van der Waals surface area (Å²) in [5.74, 6) is 0.724. The van der Waals surface area contributed by atoms with Gasteiger partial charge in [-0.3, -0.25) is 9.69 Å². The van der Waals surface area contributed by atoms with Crippen LogP contribution in [0.4, 0.5) is 0 Å². The highest BCUT2D eigenvalue weighted by Crippen LogP contribution is 2.37. The second-order valence-electron chi connectivity index (χ2n) is 7.12. The molecule has 1 heterocycles. The van der Waals surface area contributed by atoms with Crippen LogP contribution in [0.2, 0.25) is 0 Å². The number of hydrogen-bond acceptors (Lipinski definition) is 4. The molecule has 0 bridgehead atoms. The number of nitrogens with zero attached hydrogens (tertiary/aromatic N) is 1. The molecule has 122 valence electrons. The van der Waals surface area contributed by atoms with Crippen LogP contribution in [-0.2, 0) is 9.53 Å². The van der Waals surface area contributed by atoms with Gasteiger partial charge in [0, 0.05) is 12.1 Å². The van der Waals surface area contributed by atoms with Gasteiger partial charge in [-0.15, -0.1) is 0 Å². The topological polar surface area (TPSA) is 41.6 Å². The van der Waals surface area contributed by atoms with Gasteiger partial charge in [0.25, 0.3) is 0 Å². The smallest absolute Gasteiger partial charge is 0.325 e. The Morgan fingerprint density at radius 3 is 2.57 bits per heavy atom. The molecule has 1 aliphatic heterocycles. The molecule has 1 aliphatic carbocycles. The van der Waals surface area contributed by atoms with E-state index in [4.69, 9.17) is 4.74 Å². The van der Waals surface area contributed by atoms with Crippen LogP contribution >= 0.6 is 0 Å². The van der Waals surface area contributed by atoms with Gasteiger partial charge in [-0.2, -0.15) is 0 Å². The van der Waals surface area contributed by atoms with Crippen molar-refractivity contribution in [2.75, 3.05) is 20.7 Å². The molecule has 0 aromatic rings. The van der Waals surface area contributed by atoms with Gasteiger partial charge >= 0.3 is 5.97 Å². The first-order valence-corrected chi connectivity index (χ1v) is 8.55. The molecule has 1 saturated carbocycles. The summed E-state index contributed by atoms with van der Waals surface area (Å²) in [5, 5.41) is 3.17. The van der Waals surface area contributed by atoms with Crippen LogP contribution in [0.1, 0.15) is 58.8 Å². The predicted octanol–water partition coefficient (Wildman–Crippen LogP) is 2.57. The largest absolute Gasteiger partial charge is 0.468 e. The average Bonchev–Trinajstić information content (AvgIpc) is 3.15. The Labute approximate surface area is 129 Å². The zero-order valence-corrected chi connectivity index (χ0v) is 14.2. The molecule has 4 heteroatoms. The summed E-state index contributed by atoms with van der Waals surface area (Å²) < 4.78 is 4.98. The minimum atomic E-state index is -0.586. The van der Waals surface area contributed by atoms with E-state index >= 15 is 0 Å². The molecule has 21 heavy (non-hydrogen) atoms. The van der Waals surface area contributed by atoms with Crippen LogP contribution < -0.4 is 5.32 Å². The minimum absolute atomic E-state index is 0.159. The third-order valence-corrected chi connectivity index (χ3v) is 5.74. The van der Waals surface area contributed by atoms with Gasteiger partial charge in [0.15, 0.2) is 0 Å². The van der Waals surface area contributed by atoms with E-state index in [9.17, 15) is 4.79 Å². The molecule has 0 radical (unpaired) electrons. The molecule has 1 saturated heterocycles. The van der Waals surface area contributed by atoms with Gasteiger partial charge in [0.1, 0.15) is 5.54 Å². The first-order valence-electron chi connectivity index (χ1n) is 8.55. The Balaban J connectivity index is 2.00. The Bertz CT molecular complexity index is 355. The summed E-state index contributed by atoms with van der Waals surface area (Å²) in [7, 11) is 3.32. The summed E-state index contributed by atoms with van der Waals surface area (Å²) in [6.45, 7) is 5.41. The predicted molar refractivity (Wildman–Crippen MR) is 85.2 cm³/mol. The maximum Gasteiger partial charge on any atom is 0.325 e. The SMILES string of the molecule is CNC(C)(CC(C)N1CCCC1C1CCCC1)C(=O)OC. The zero-order chi connectivity index (χ0) is 15.5. The maximum atomic E-state index is 12.0. The van der Waals surface area contributed by atoms with E-state index in [1.807, 2.05) is 14.0 Å². The Hall–Kier alpha value is -0.610. The third-order valence-electron chi connectivity index (χ3n) is 5.74. The summed E-state index contributed by atoms with van der Waals surface area (Å²) in [4.78, 5) is 14.7. The van der Waals surface area contributed by atoms with Crippen molar-refractivity contribution in [2.45, 2.75) is 76.4 Å². The highest BCUT2D eigenvalue weighted by atomic mass is 16.5. The second-order valence-corrected chi connectivity index (χ2v) is 7.12. The van der Waals surface area contributed by atoms with Crippen LogP contribution in [-0.4, -0.2) is 49.2 Å². The van der Waals surface area contributed by atoms with Crippen LogP contribution in [0.3, 0.4) is 0 Å². The normalized spacial score (nSPS) is 28.5. The van der Waals surface area contributed by atoms with Gasteiger partial charge in [0.2, 0.25) is 0 Å². The lowest BCUT2D eigenvalue weighted by Crippen LogP contribution is -2.53. The monoisotopic (exact) mass is 296 g/mol. The number of nitrogens with one attached hydrogen (secondary N) is 1. The van der Waals surface area contributed by atoms with Gasteiger partial charge in [0.05, 0.1) is 7.11 Å². The average molecular weight is 296 g/mol. The lowest BCUT2D eigenvalue weighted by Gasteiger charge is -2.38. The van der Waals surface area contributed by atoms with Crippen LogP contribution in [0.5, 0.6) is 0 Å². The number of carbonyl (C=O) groups excluding carboxylic acids is 1. The second kappa shape index (κ2) is 7.10. The fourth-order valence-corrected chi connectivity index (χ4v) is 4.43. The first kappa shape index (κ1) is 16.8. The Kier molecular flexibility index (Phi) is 5.67.